The number of hydrogen-bond acceptors (Lipinski definition) is 6. The molecule has 1 saturated heterocycles. The monoisotopic (exact) mass is 580 g/mol. The van der Waals surface area contributed by atoms with Crippen LogP contribution in [0.25, 0.3) is 22.8 Å². The van der Waals surface area contributed by atoms with Crippen LogP contribution in [-0.2, 0) is 16.1 Å². The molecule has 0 bridgehead atoms. The molecule has 41 heavy (non-hydrogen) atoms. The van der Waals surface area contributed by atoms with Gasteiger partial charge in [0, 0.05) is 22.4 Å². The number of H-pyrrole nitrogens is 1. The van der Waals surface area contributed by atoms with Crippen molar-refractivity contribution in [3.63, 3.8) is 0 Å². The molecule has 0 unspecified atom stereocenters. The molecular weight excluding hydrogens is 557 g/mol. The number of aromatic nitrogens is 3. The number of aryl methyl sites for hydroxylation is 1. The van der Waals surface area contributed by atoms with Crippen LogP contribution in [0, 0.1) is 6.92 Å². The first-order chi connectivity index (χ1) is 19.7. The number of alkyl halides is 3. The van der Waals surface area contributed by atoms with Gasteiger partial charge < -0.3 is 10.1 Å². The molecule has 2 N–H and O–H groups in total. The van der Waals surface area contributed by atoms with Crippen molar-refractivity contribution in [1.29, 1.82) is 0 Å². The summed E-state index contributed by atoms with van der Waals surface area (Å²) < 4.78 is 42.6. The zero-order chi connectivity index (χ0) is 29.0. The van der Waals surface area contributed by atoms with Crippen LogP contribution in [0.5, 0.6) is 0 Å². The van der Waals surface area contributed by atoms with Crippen LogP contribution in [0.3, 0.4) is 0 Å². The Balaban J connectivity index is 1.29. The van der Waals surface area contributed by atoms with Gasteiger partial charge in [-0.05, 0) is 42.8 Å². The van der Waals surface area contributed by atoms with Crippen molar-refractivity contribution in [2.24, 2.45) is 4.99 Å². The maximum atomic E-state index is 12.8. The molecule has 0 spiro atoms. The summed E-state index contributed by atoms with van der Waals surface area (Å²) in [5, 5.41) is 9.94. The minimum atomic E-state index is -4.48. The summed E-state index contributed by atoms with van der Waals surface area (Å²) in [5.41, 5.74) is 3.55. The fourth-order valence-corrected chi connectivity index (χ4v) is 4.88. The highest BCUT2D eigenvalue weighted by atomic mass is 32.2. The second-order valence-electron chi connectivity index (χ2n) is 9.03. The van der Waals surface area contributed by atoms with Crippen molar-refractivity contribution in [2.75, 3.05) is 22.6 Å². The second-order valence-corrected chi connectivity index (χ2v) is 9.98. The smallest absolute Gasteiger partial charge is 0.367 e. The third-order valence-electron chi connectivity index (χ3n) is 5.89. The molecule has 0 aliphatic carbocycles. The van der Waals surface area contributed by atoms with Crippen LogP contribution in [0.2, 0.25) is 0 Å². The van der Waals surface area contributed by atoms with E-state index >= 15 is 0 Å². The van der Waals surface area contributed by atoms with Crippen molar-refractivity contribution >= 4 is 40.2 Å². The zero-order valence-electron chi connectivity index (χ0n) is 21.6. The van der Waals surface area contributed by atoms with Gasteiger partial charge in [-0.15, -0.1) is 0 Å². The van der Waals surface area contributed by atoms with E-state index in [0.717, 1.165) is 28.5 Å². The van der Waals surface area contributed by atoms with E-state index in [1.807, 2.05) is 30.3 Å². The number of benzene rings is 3. The van der Waals surface area contributed by atoms with E-state index in [1.165, 1.54) is 4.90 Å². The van der Waals surface area contributed by atoms with Crippen molar-refractivity contribution in [1.82, 2.24) is 15.2 Å². The molecule has 3 amide bonds. The number of thioether (sulfide) groups is 1. The standard InChI is InChI=1S/C28H23F3N6O3S/c1-17-7-8-20(14-40-16-28(29,30)31)22(13-17)37-23(38)15-41-27(37)34-26(39)32-21-11-9-19(10-12-21)25-33-24(35-36-25)18-5-3-2-4-6-18/h2-13H,14-16H2,1H3,(H,32,39)(H,33,35,36). The van der Waals surface area contributed by atoms with Gasteiger partial charge in [0.25, 0.3) is 0 Å². The molecule has 0 atom stereocenters. The first kappa shape index (κ1) is 28.1. The Hall–Kier alpha value is -4.49. The van der Waals surface area contributed by atoms with Crippen molar-refractivity contribution in [2.45, 2.75) is 19.7 Å². The van der Waals surface area contributed by atoms with Crippen LogP contribution < -0.4 is 10.2 Å². The summed E-state index contributed by atoms with van der Waals surface area (Å²) >= 11 is 1.06. The number of carbonyl (C=O) groups is 2. The number of halogens is 3. The number of aromatic amines is 1. The number of anilines is 2. The summed E-state index contributed by atoms with van der Waals surface area (Å²) in [6.07, 6.45) is -4.48. The quantitative estimate of drug-likeness (QED) is 0.269. The second kappa shape index (κ2) is 11.9. The first-order valence-corrected chi connectivity index (χ1v) is 13.3. The van der Waals surface area contributed by atoms with Crippen LogP contribution >= 0.6 is 11.8 Å². The number of ether oxygens (including phenoxy) is 1. The molecule has 0 saturated carbocycles. The van der Waals surface area contributed by atoms with E-state index in [2.05, 4.69) is 25.5 Å². The molecule has 2 heterocycles. The number of carbonyl (C=O) groups excluding carboxylic acids is 2. The Bertz CT molecular complexity index is 1590. The molecule has 1 fully saturated rings. The molecule has 1 aromatic heterocycles. The van der Waals surface area contributed by atoms with Crippen LogP contribution in [-0.4, -0.2) is 50.8 Å². The average molecular weight is 581 g/mol. The summed E-state index contributed by atoms with van der Waals surface area (Å²) in [5.74, 6) is 0.799. The maximum absolute atomic E-state index is 12.8. The number of urea groups is 1. The van der Waals surface area contributed by atoms with Gasteiger partial charge in [-0.3, -0.25) is 14.8 Å². The van der Waals surface area contributed by atoms with E-state index in [4.69, 9.17) is 4.74 Å². The van der Waals surface area contributed by atoms with Crippen molar-refractivity contribution < 1.29 is 27.5 Å². The molecule has 0 radical (unpaired) electrons. The van der Waals surface area contributed by atoms with Gasteiger partial charge in [0.2, 0.25) is 5.91 Å². The van der Waals surface area contributed by atoms with Crippen LogP contribution in [0.4, 0.5) is 29.3 Å². The lowest BCUT2D eigenvalue weighted by molar-refractivity contribution is -0.176. The van der Waals surface area contributed by atoms with E-state index in [-0.39, 0.29) is 23.4 Å². The van der Waals surface area contributed by atoms with Gasteiger partial charge in [-0.25, -0.2) is 9.78 Å². The minimum absolute atomic E-state index is 0.0275. The lowest BCUT2D eigenvalue weighted by Crippen LogP contribution is -2.31. The maximum Gasteiger partial charge on any atom is 0.411 e. The number of nitrogens with one attached hydrogen (secondary N) is 2. The fourth-order valence-electron chi connectivity index (χ4n) is 4.02. The Labute approximate surface area is 236 Å². The topological polar surface area (TPSA) is 113 Å². The molecule has 1 aliphatic rings. The predicted molar refractivity (Wildman–Crippen MR) is 151 cm³/mol. The molecule has 4 aromatic rings. The predicted octanol–water partition coefficient (Wildman–Crippen LogP) is 6.19. The third kappa shape index (κ3) is 6.99. The third-order valence-corrected chi connectivity index (χ3v) is 6.82. The van der Waals surface area contributed by atoms with Crippen LogP contribution in [0.15, 0.2) is 77.8 Å². The molecule has 3 aromatic carbocycles. The van der Waals surface area contributed by atoms with Crippen LogP contribution in [0.1, 0.15) is 11.1 Å². The molecule has 5 rings (SSSR count). The van der Waals surface area contributed by atoms with Gasteiger partial charge in [-0.1, -0.05) is 54.2 Å². The Kier molecular flexibility index (Phi) is 8.17. The molecule has 1 aliphatic heterocycles. The summed E-state index contributed by atoms with van der Waals surface area (Å²) in [6.45, 7) is -0.00477. The SMILES string of the molecule is Cc1ccc(COCC(F)(F)F)c(N2C(=O)CSC2=NC(=O)Nc2ccc(-c3nc(-c4ccccc4)n[nH]3)cc2)c1. The highest BCUT2D eigenvalue weighted by molar-refractivity contribution is 8.15. The van der Waals surface area contributed by atoms with E-state index in [9.17, 15) is 22.8 Å². The normalized spacial score (nSPS) is 14.6. The average Bonchev–Trinajstić information content (AvgIpc) is 3.57. The van der Waals surface area contributed by atoms with Gasteiger partial charge in [-0.2, -0.15) is 23.3 Å². The van der Waals surface area contributed by atoms with E-state index in [1.54, 1.807) is 49.4 Å². The summed E-state index contributed by atoms with van der Waals surface area (Å²) in [6, 6.07) is 20.6. The van der Waals surface area contributed by atoms with Gasteiger partial charge in [0.05, 0.1) is 18.0 Å². The first-order valence-electron chi connectivity index (χ1n) is 12.3. The largest absolute Gasteiger partial charge is 0.411 e. The van der Waals surface area contributed by atoms with Crippen molar-refractivity contribution in [3.8, 4) is 22.8 Å². The molecular formula is C28H23F3N6O3S. The number of aliphatic imine (C=N–C) groups is 1. The van der Waals surface area contributed by atoms with Gasteiger partial charge in [0.1, 0.15) is 6.61 Å². The number of amidine groups is 1. The number of nitrogens with zero attached hydrogens (tertiary/aromatic N) is 4. The molecule has 210 valence electrons. The number of hydrogen-bond donors (Lipinski definition) is 2. The molecule has 13 heteroatoms. The van der Waals surface area contributed by atoms with Gasteiger partial charge >= 0.3 is 12.2 Å². The van der Waals surface area contributed by atoms with Crippen molar-refractivity contribution in [3.05, 3.63) is 83.9 Å². The molecule has 9 nitrogen and oxygen atoms in total. The Morgan fingerprint density at radius 3 is 2.59 bits per heavy atom. The highest BCUT2D eigenvalue weighted by Crippen LogP contribution is 2.32. The fraction of sp³-hybridized carbons (Fsp3) is 0.179. The van der Waals surface area contributed by atoms with Gasteiger partial charge in [0.15, 0.2) is 16.8 Å². The van der Waals surface area contributed by atoms with E-state index < -0.39 is 18.8 Å². The summed E-state index contributed by atoms with van der Waals surface area (Å²) in [4.78, 5) is 35.3. The highest BCUT2D eigenvalue weighted by Gasteiger charge is 2.33. The zero-order valence-corrected chi connectivity index (χ0v) is 22.4. The Morgan fingerprint density at radius 1 is 1.10 bits per heavy atom. The van der Waals surface area contributed by atoms with E-state index in [0.29, 0.717) is 28.6 Å². The lowest BCUT2D eigenvalue weighted by atomic mass is 10.1. The summed E-state index contributed by atoms with van der Waals surface area (Å²) in [7, 11) is 0. The minimum Gasteiger partial charge on any atom is -0.367 e. The Morgan fingerprint density at radius 2 is 1.85 bits per heavy atom. The lowest BCUT2D eigenvalue weighted by Gasteiger charge is -2.20. The number of amides is 3. The number of rotatable bonds is 7.